The van der Waals surface area contributed by atoms with Gasteiger partial charge in [-0.15, -0.1) is 0 Å². The van der Waals surface area contributed by atoms with Crippen LogP contribution >= 0.6 is 22.6 Å². The Balaban J connectivity index is 2.08. The molecule has 3 nitrogen and oxygen atoms in total. The Labute approximate surface area is 120 Å². The van der Waals surface area contributed by atoms with Gasteiger partial charge in [-0.25, -0.2) is 0 Å². The molecule has 0 bridgehead atoms. The average molecular weight is 355 g/mol. The molecule has 1 aromatic heterocycles. The second kappa shape index (κ2) is 6.15. The minimum Gasteiger partial charge on any atom is -0.456 e. The first kappa shape index (κ1) is 13.3. The fraction of sp³-hybridized carbons (Fsp3) is 0.214. The number of halogens is 1. The van der Waals surface area contributed by atoms with Gasteiger partial charge < -0.3 is 9.84 Å². The van der Waals surface area contributed by atoms with E-state index in [-0.39, 0.29) is 0 Å². The molecular weight excluding hydrogens is 341 g/mol. The molecule has 0 fully saturated rings. The van der Waals surface area contributed by atoms with Crippen LogP contribution in [0.1, 0.15) is 25.1 Å². The third-order valence-electron chi connectivity index (χ3n) is 2.54. The van der Waals surface area contributed by atoms with Crippen molar-refractivity contribution in [1.29, 1.82) is 0 Å². The van der Waals surface area contributed by atoms with Gasteiger partial charge in [0.25, 0.3) is 0 Å². The van der Waals surface area contributed by atoms with Gasteiger partial charge in [0.2, 0.25) is 0 Å². The maximum Gasteiger partial charge on any atom is 0.145 e. The van der Waals surface area contributed by atoms with E-state index in [0.717, 1.165) is 5.75 Å². The van der Waals surface area contributed by atoms with Gasteiger partial charge in [0.15, 0.2) is 0 Å². The Kier molecular flexibility index (Phi) is 4.54. The molecule has 0 radical (unpaired) electrons. The van der Waals surface area contributed by atoms with E-state index in [2.05, 4.69) is 27.6 Å². The second-order valence-corrected chi connectivity index (χ2v) is 5.14. The van der Waals surface area contributed by atoms with E-state index >= 15 is 0 Å². The lowest BCUT2D eigenvalue weighted by Gasteiger charge is -2.09. The number of aromatic nitrogens is 1. The zero-order valence-electron chi connectivity index (χ0n) is 10.0. The lowest BCUT2D eigenvalue weighted by Crippen LogP contribution is -1.98. The fourth-order valence-electron chi connectivity index (χ4n) is 1.50. The van der Waals surface area contributed by atoms with E-state index in [9.17, 15) is 5.11 Å². The molecule has 1 heterocycles. The number of aliphatic hydroxyl groups is 1. The zero-order chi connectivity index (χ0) is 13.0. The molecule has 94 valence electrons. The highest BCUT2D eigenvalue weighted by Gasteiger charge is 2.06. The van der Waals surface area contributed by atoms with Crippen molar-refractivity contribution in [2.75, 3.05) is 0 Å². The van der Waals surface area contributed by atoms with Crippen molar-refractivity contribution in [3.05, 3.63) is 51.9 Å². The van der Waals surface area contributed by atoms with E-state index < -0.39 is 6.10 Å². The third kappa shape index (κ3) is 3.43. The predicted molar refractivity (Wildman–Crippen MR) is 78.7 cm³/mol. The summed E-state index contributed by atoms with van der Waals surface area (Å²) >= 11 is 2.25. The zero-order valence-corrected chi connectivity index (χ0v) is 12.2. The molecular formula is C14H14INO2. The van der Waals surface area contributed by atoms with Crippen LogP contribution in [-0.2, 0) is 0 Å². The van der Waals surface area contributed by atoms with Crippen molar-refractivity contribution in [3.8, 4) is 11.5 Å². The summed E-state index contributed by atoms with van der Waals surface area (Å²) in [6, 6.07) is 11.4. The summed E-state index contributed by atoms with van der Waals surface area (Å²) in [7, 11) is 0. The highest BCUT2D eigenvalue weighted by atomic mass is 127. The van der Waals surface area contributed by atoms with Crippen LogP contribution in [0.15, 0.2) is 42.6 Å². The van der Waals surface area contributed by atoms with Gasteiger partial charge in [-0.2, -0.15) is 0 Å². The highest BCUT2D eigenvalue weighted by Crippen LogP contribution is 2.23. The summed E-state index contributed by atoms with van der Waals surface area (Å²) in [5.41, 5.74) is 0.674. The summed E-state index contributed by atoms with van der Waals surface area (Å²) in [5, 5.41) is 9.64. The van der Waals surface area contributed by atoms with Crippen molar-refractivity contribution in [2.24, 2.45) is 0 Å². The summed E-state index contributed by atoms with van der Waals surface area (Å²) in [5.74, 6) is 1.45. The summed E-state index contributed by atoms with van der Waals surface area (Å²) in [6.45, 7) is 1.92. The first-order valence-corrected chi connectivity index (χ1v) is 6.84. The summed E-state index contributed by atoms with van der Waals surface area (Å²) in [4.78, 5) is 4.19. The number of ether oxygens (including phenoxy) is 1. The monoisotopic (exact) mass is 355 g/mol. The second-order valence-electron chi connectivity index (χ2n) is 3.90. The van der Waals surface area contributed by atoms with Crippen LogP contribution in [0, 0.1) is 3.57 Å². The van der Waals surface area contributed by atoms with Crippen LogP contribution in [0.25, 0.3) is 0 Å². The molecule has 18 heavy (non-hydrogen) atoms. The standard InChI is InChI=1S/C14H14INO2/c1-2-14(17)13-8-7-12(9-16-13)18-11-5-3-10(15)4-6-11/h3-9,14,17H,2H2,1H3/t14-/m1/s1. The minimum absolute atomic E-state index is 0.502. The van der Waals surface area contributed by atoms with Crippen LogP contribution in [0.3, 0.4) is 0 Å². The lowest BCUT2D eigenvalue weighted by molar-refractivity contribution is 0.169. The Morgan fingerprint density at radius 3 is 2.39 bits per heavy atom. The quantitative estimate of drug-likeness (QED) is 0.846. The van der Waals surface area contributed by atoms with E-state index in [1.807, 2.05) is 37.3 Å². The normalized spacial score (nSPS) is 12.2. The maximum atomic E-state index is 9.64. The van der Waals surface area contributed by atoms with Crippen molar-refractivity contribution >= 4 is 22.6 Å². The third-order valence-corrected chi connectivity index (χ3v) is 3.26. The number of pyridine rings is 1. The van der Waals surface area contributed by atoms with Crippen molar-refractivity contribution in [3.63, 3.8) is 0 Å². The molecule has 1 aromatic carbocycles. The highest BCUT2D eigenvalue weighted by molar-refractivity contribution is 14.1. The van der Waals surface area contributed by atoms with Gasteiger partial charge in [0.1, 0.15) is 11.5 Å². The van der Waals surface area contributed by atoms with Gasteiger partial charge in [-0.3, -0.25) is 4.98 Å². The van der Waals surface area contributed by atoms with Gasteiger partial charge >= 0.3 is 0 Å². The molecule has 1 atom stereocenters. The molecule has 0 saturated carbocycles. The van der Waals surface area contributed by atoms with E-state index in [0.29, 0.717) is 17.9 Å². The Morgan fingerprint density at radius 2 is 1.83 bits per heavy atom. The summed E-state index contributed by atoms with van der Waals surface area (Å²) in [6.07, 6.45) is 1.79. The molecule has 0 unspecified atom stereocenters. The number of aliphatic hydroxyl groups excluding tert-OH is 1. The average Bonchev–Trinajstić information content (AvgIpc) is 2.41. The van der Waals surface area contributed by atoms with E-state index in [1.165, 1.54) is 3.57 Å². The molecule has 0 aliphatic rings. The maximum absolute atomic E-state index is 9.64. The predicted octanol–water partition coefficient (Wildman–Crippen LogP) is 3.92. The van der Waals surface area contributed by atoms with Crippen LogP contribution in [0.5, 0.6) is 11.5 Å². The van der Waals surface area contributed by atoms with Gasteiger partial charge in [0, 0.05) is 3.57 Å². The van der Waals surface area contributed by atoms with E-state index in [1.54, 1.807) is 12.3 Å². The summed E-state index contributed by atoms with van der Waals surface area (Å²) < 4.78 is 6.82. The lowest BCUT2D eigenvalue weighted by atomic mass is 10.2. The Morgan fingerprint density at radius 1 is 1.17 bits per heavy atom. The largest absolute Gasteiger partial charge is 0.456 e. The molecule has 0 aliphatic carbocycles. The van der Waals surface area contributed by atoms with Crippen LogP contribution < -0.4 is 4.74 Å². The SMILES string of the molecule is CC[C@@H](O)c1ccc(Oc2ccc(I)cc2)cn1. The molecule has 0 amide bonds. The van der Waals surface area contributed by atoms with Gasteiger partial charge in [-0.05, 0) is 65.4 Å². The smallest absolute Gasteiger partial charge is 0.145 e. The topological polar surface area (TPSA) is 42.4 Å². The van der Waals surface area contributed by atoms with Crippen LogP contribution in [0.4, 0.5) is 0 Å². The molecule has 4 heteroatoms. The van der Waals surface area contributed by atoms with Crippen molar-refractivity contribution in [1.82, 2.24) is 4.98 Å². The Hall–Kier alpha value is -1.14. The van der Waals surface area contributed by atoms with E-state index in [4.69, 9.17) is 4.74 Å². The van der Waals surface area contributed by atoms with Crippen LogP contribution in [0.2, 0.25) is 0 Å². The van der Waals surface area contributed by atoms with Crippen LogP contribution in [-0.4, -0.2) is 10.1 Å². The number of benzene rings is 1. The Bertz CT molecular complexity index is 496. The first-order chi connectivity index (χ1) is 8.69. The number of rotatable bonds is 4. The molecule has 2 rings (SSSR count). The molecule has 1 N–H and O–H groups in total. The van der Waals surface area contributed by atoms with Crippen molar-refractivity contribution < 1.29 is 9.84 Å². The first-order valence-electron chi connectivity index (χ1n) is 5.76. The number of nitrogens with zero attached hydrogens (tertiary/aromatic N) is 1. The fourth-order valence-corrected chi connectivity index (χ4v) is 1.86. The number of hydrogen-bond acceptors (Lipinski definition) is 3. The number of hydrogen-bond donors (Lipinski definition) is 1. The molecule has 0 aliphatic heterocycles. The van der Waals surface area contributed by atoms with Gasteiger partial charge in [0.05, 0.1) is 18.0 Å². The van der Waals surface area contributed by atoms with Gasteiger partial charge in [-0.1, -0.05) is 6.92 Å². The van der Waals surface area contributed by atoms with Crippen molar-refractivity contribution in [2.45, 2.75) is 19.4 Å². The molecule has 2 aromatic rings. The molecule has 0 saturated heterocycles. The minimum atomic E-state index is -0.502. The molecule has 0 spiro atoms.